The molecule has 7 nitrogen and oxygen atoms in total. The second kappa shape index (κ2) is 9.59. The van der Waals surface area contributed by atoms with E-state index in [1.54, 1.807) is 18.3 Å². The molecule has 0 radical (unpaired) electrons. The van der Waals surface area contributed by atoms with E-state index in [9.17, 15) is 18.0 Å². The van der Waals surface area contributed by atoms with Crippen molar-refractivity contribution in [1.29, 1.82) is 0 Å². The van der Waals surface area contributed by atoms with Crippen LogP contribution in [0.15, 0.2) is 48.1 Å². The number of carbonyl (C=O) groups is 1. The predicted octanol–water partition coefficient (Wildman–Crippen LogP) is 3.85. The maximum absolute atomic E-state index is 13.5. The third-order valence-electron chi connectivity index (χ3n) is 4.01. The van der Waals surface area contributed by atoms with Crippen molar-refractivity contribution in [2.24, 2.45) is 5.16 Å². The van der Waals surface area contributed by atoms with Crippen molar-refractivity contribution in [2.45, 2.75) is 19.8 Å². The van der Waals surface area contributed by atoms with E-state index in [0.29, 0.717) is 24.7 Å². The Balaban J connectivity index is 1.49. The summed E-state index contributed by atoms with van der Waals surface area (Å²) in [5.41, 5.74) is 1.19. The molecule has 3 aromatic heterocycles. The van der Waals surface area contributed by atoms with Crippen LogP contribution in [-0.4, -0.2) is 27.1 Å². The summed E-state index contributed by atoms with van der Waals surface area (Å²) in [4.78, 5) is 28.3. The highest BCUT2D eigenvalue weighted by molar-refractivity contribution is 6.04. The average molecular weight is 415 g/mol. The Hall–Kier alpha value is -3.82. The van der Waals surface area contributed by atoms with E-state index in [-0.39, 0.29) is 11.1 Å². The van der Waals surface area contributed by atoms with Gasteiger partial charge in [0.05, 0.1) is 18.0 Å². The van der Waals surface area contributed by atoms with E-state index in [1.165, 1.54) is 19.3 Å². The number of rotatable bonds is 7. The second-order valence-electron chi connectivity index (χ2n) is 6.16. The van der Waals surface area contributed by atoms with Gasteiger partial charge in [-0.3, -0.25) is 9.78 Å². The van der Waals surface area contributed by atoms with Gasteiger partial charge in [-0.05, 0) is 31.4 Å². The number of hydrogen-bond acceptors (Lipinski definition) is 6. The molecule has 30 heavy (non-hydrogen) atoms. The molecule has 3 heterocycles. The fraction of sp³-hybridized carbons (Fsp3) is 0.150. The fourth-order valence-electron chi connectivity index (χ4n) is 2.40. The second-order valence-corrected chi connectivity index (χ2v) is 6.16. The van der Waals surface area contributed by atoms with Gasteiger partial charge in [0.25, 0.3) is 11.8 Å². The lowest BCUT2D eigenvalue weighted by Crippen LogP contribution is -2.15. The topological polar surface area (TPSA) is 89.4 Å². The van der Waals surface area contributed by atoms with Crippen LogP contribution in [0, 0.1) is 24.4 Å². The lowest BCUT2D eigenvalue weighted by atomic mass is 10.1. The van der Waals surface area contributed by atoms with Crippen LogP contribution in [0.5, 0.6) is 5.88 Å². The van der Waals surface area contributed by atoms with Crippen LogP contribution in [0.25, 0.3) is 0 Å². The van der Waals surface area contributed by atoms with Crippen molar-refractivity contribution in [3.63, 3.8) is 0 Å². The largest absolute Gasteiger partial charge is 0.334 e. The number of aryl methyl sites for hydroxylation is 1. The first-order chi connectivity index (χ1) is 14.4. The Labute approximate surface area is 169 Å². The molecule has 0 unspecified atom stereocenters. The van der Waals surface area contributed by atoms with Gasteiger partial charge in [0.1, 0.15) is 17.5 Å². The number of carbonyl (C=O) groups excluding carboxylic acids is 1. The Morgan fingerprint density at radius 2 is 1.97 bits per heavy atom. The number of halogens is 3. The average Bonchev–Trinajstić information content (AvgIpc) is 2.72. The normalized spacial score (nSPS) is 10.9. The molecule has 0 atom stereocenters. The molecule has 3 rings (SSSR count). The number of nitrogens with one attached hydrogen (secondary N) is 1. The molecular weight excluding hydrogens is 399 g/mol. The summed E-state index contributed by atoms with van der Waals surface area (Å²) in [6.07, 6.45) is 7.16. The number of oxime groups is 1. The van der Waals surface area contributed by atoms with Crippen LogP contribution in [0.2, 0.25) is 0 Å². The molecule has 0 saturated carbocycles. The molecule has 1 amide bonds. The molecule has 0 aliphatic rings. The van der Waals surface area contributed by atoms with Crippen molar-refractivity contribution >= 4 is 17.9 Å². The van der Waals surface area contributed by atoms with Gasteiger partial charge in [0.15, 0.2) is 5.82 Å². The van der Waals surface area contributed by atoms with Crippen LogP contribution in [0.4, 0.5) is 19.0 Å². The van der Waals surface area contributed by atoms with Gasteiger partial charge in [-0.2, -0.15) is 0 Å². The maximum atomic E-state index is 13.5. The van der Waals surface area contributed by atoms with Crippen LogP contribution in [0.1, 0.15) is 27.9 Å². The lowest BCUT2D eigenvalue weighted by molar-refractivity contribution is 0.102. The minimum Gasteiger partial charge on any atom is -0.334 e. The molecule has 1 N–H and O–H groups in total. The SMILES string of the molecule is Cc1c(F)cncc1C(=O)Nc1ccc(CC/C=N/Oc2ncc(F)cc2F)cn1. The molecule has 0 aliphatic carbocycles. The predicted molar refractivity (Wildman–Crippen MR) is 103 cm³/mol. The lowest BCUT2D eigenvalue weighted by Gasteiger charge is -2.07. The zero-order chi connectivity index (χ0) is 21.5. The highest BCUT2D eigenvalue weighted by Gasteiger charge is 2.13. The molecule has 154 valence electrons. The molecule has 10 heteroatoms. The van der Waals surface area contributed by atoms with Gasteiger partial charge in [-0.25, -0.2) is 23.1 Å². The Morgan fingerprint density at radius 3 is 2.70 bits per heavy atom. The van der Waals surface area contributed by atoms with Crippen molar-refractivity contribution in [2.75, 3.05) is 5.32 Å². The summed E-state index contributed by atoms with van der Waals surface area (Å²) in [7, 11) is 0. The van der Waals surface area contributed by atoms with E-state index in [1.807, 2.05) is 0 Å². The monoisotopic (exact) mass is 415 g/mol. The highest BCUT2D eigenvalue weighted by Crippen LogP contribution is 2.15. The Kier molecular flexibility index (Phi) is 6.68. The summed E-state index contributed by atoms with van der Waals surface area (Å²) in [6.45, 7) is 1.49. The molecule has 0 bridgehead atoms. The van der Waals surface area contributed by atoms with Crippen molar-refractivity contribution in [3.05, 3.63) is 77.1 Å². The molecule has 0 aromatic carbocycles. The summed E-state index contributed by atoms with van der Waals surface area (Å²) in [5.74, 6) is -2.93. The summed E-state index contributed by atoms with van der Waals surface area (Å²) >= 11 is 0. The van der Waals surface area contributed by atoms with Gasteiger partial charge in [-0.15, -0.1) is 0 Å². The molecule has 0 fully saturated rings. The standard InChI is InChI=1S/C20H16F3N5O2/c1-12-15(10-24-11-17(12)23)19(29)28-18-5-4-13(8-25-18)3-2-6-27-30-20-16(22)7-14(21)9-26-20/h4-11H,2-3H2,1H3,(H,25,28,29)/b27-6+. The van der Waals surface area contributed by atoms with Crippen molar-refractivity contribution in [1.82, 2.24) is 15.0 Å². The molecular formula is C20H16F3N5O2. The third kappa shape index (κ3) is 5.37. The Morgan fingerprint density at radius 1 is 1.13 bits per heavy atom. The van der Waals surface area contributed by atoms with E-state index in [4.69, 9.17) is 4.84 Å². The third-order valence-corrected chi connectivity index (χ3v) is 4.01. The summed E-state index contributed by atoms with van der Waals surface area (Å²) in [5, 5.41) is 6.17. The molecule has 0 saturated heterocycles. The number of amides is 1. The first-order valence-electron chi connectivity index (χ1n) is 8.80. The van der Waals surface area contributed by atoms with Crippen LogP contribution in [0.3, 0.4) is 0 Å². The summed E-state index contributed by atoms with van der Waals surface area (Å²) < 4.78 is 39.6. The quantitative estimate of drug-likeness (QED) is 0.468. The number of anilines is 1. The summed E-state index contributed by atoms with van der Waals surface area (Å²) in [6, 6.07) is 4.02. The van der Waals surface area contributed by atoms with E-state index < -0.39 is 29.2 Å². The smallest absolute Gasteiger partial charge is 0.284 e. The molecule has 0 spiro atoms. The van der Waals surface area contributed by atoms with E-state index in [2.05, 4.69) is 25.4 Å². The maximum Gasteiger partial charge on any atom is 0.284 e. The van der Waals surface area contributed by atoms with Gasteiger partial charge in [0.2, 0.25) is 0 Å². The first-order valence-corrected chi connectivity index (χ1v) is 8.80. The number of hydrogen-bond donors (Lipinski definition) is 1. The zero-order valence-electron chi connectivity index (χ0n) is 15.8. The van der Waals surface area contributed by atoms with Crippen molar-refractivity contribution < 1.29 is 22.8 Å². The van der Waals surface area contributed by atoms with Crippen LogP contribution < -0.4 is 10.2 Å². The van der Waals surface area contributed by atoms with E-state index >= 15 is 0 Å². The minimum atomic E-state index is -0.946. The number of aromatic nitrogens is 3. The van der Waals surface area contributed by atoms with Gasteiger partial charge >= 0.3 is 0 Å². The van der Waals surface area contributed by atoms with E-state index in [0.717, 1.165) is 18.0 Å². The van der Waals surface area contributed by atoms with Gasteiger partial charge < -0.3 is 10.2 Å². The first kappa shape index (κ1) is 20.9. The number of nitrogens with zero attached hydrogens (tertiary/aromatic N) is 4. The van der Waals surface area contributed by atoms with Crippen molar-refractivity contribution in [3.8, 4) is 5.88 Å². The fourth-order valence-corrected chi connectivity index (χ4v) is 2.40. The van der Waals surface area contributed by atoms with Gasteiger partial charge in [-0.1, -0.05) is 11.2 Å². The van der Waals surface area contributed by atoms with Gasteiger partial charge in [0, 0.05) is 30.2 Å². The zero-order valence-corrected chi connectivity index (χ0v) is 15.8. The molecule has 3 aromatic rings. The number of pyridine rings is 3. The molecule has 0 aliphatic heterocycles. The minimum absolute atomic E-state index is 0.129. The Bertz CT molecular complexity index is 1070. The highest BCUT2D eigenvalue weighted by atomic mass is 19.1. The van der Waals surface area contributed by atoms with Crippen LogP contribution in [-0.2, 0) is 6.42 Å². The van der Waals surface area contributed by atoms with Crippen LogP contribution >= 0.6 is 0 Å².